The summed E-state index contributed by atoms with van der Waals surface area (Å²) in [5.74, 6) is -0.882. The van der Waals surface area contributed by atoms with Crippen LogP contribution in [0.3, 0.4) is 0 Å². The second-order valence-electron chi connectivity index (χ2n) is 8.41. The fourth-order valence-electron chi connectivity index (χ4n) is 3.65. The molecule has 1 aliphatic carbocycles. The number of amides is 1. The first kappa shape index (κ1) is 25.6. The Morgan fingerprint density at radius 3 is 2.66 bits per heavy atom. The Balaban J connectivity index is 0.00000456. The van der Waals surface area contributed by atoms with Crippen molar-refractivity contribution in [3.63, 3.8) is 0 Å². The van der Waals surface area contributed by atoms with Gasteiger partial charge in [-0.3, -0.25) is 20.4 Å². The third-order valence-electron chi connectivity index (χ3n) is 5.84. The van der Waals surface area contributed by atoms with E-state index in [1.807, 2.05) is 26.0 Å². The van der Waals surface area contributed by atoms with Gasteiger partial charge in [-0.25, -0.2) is 14.4 Å². The summed E-state index contributed by atoms with van der Waals surface area (Å²) in [4.78, 5) is 34.4. The molecule has 0 unspecified atom stereocenters. The second-order valence-corrected chi connectivity index (χ2v) is 8.41. The minimum atomic E-state index is -1.11. The van der Waals surface area contributed by atoms with E-state index in [2.05, 4.69) is 21.9 Å². The molecule has 0 aromatic carbocycles. The molecule has 1 aliphatic rings. The summed E-state index contributed by atoms with van der Waals surface area (Å²) in [6.45, 7) is 9.34. The standard InChI is InChI=1S/C26H29FN6O2.H2/c1-6-17(14(3)8-15(4)22(34)7-2)18-9-16-12-30-23(32-26(35)19-10-20(19)27)11-21(16)31-24(18)25(29)33(5)13-28;/h6,8-9,11-13,19-20,28-29H,4,7,10H2,1-3,5H3,(H,30,32,35);1H/b14-8-,17-6+,28-13?,29-25?;/t19-,20+;/m0./s1. The molecule has 8 nitrogen and oxygen atoms in total. The highest BCUT2D eigenvalue weighted by Gasteiger charge is 2.43. The molecule has 2 aromatic rings. The summed E-state index contributed by atoms with van der Waals surface area (Å²) in [6, 6.07) is 3.41. The summed E-state index contributed by atoms with van der Waals surface area (Å²) in [7, 11) is 1.58. The zero-order chi connectivity index (χ0) is 25.9. The van der Waals surface area contributed by atoms with E-state index < -0.39 is 18.0 Å². The van der Waals surface area contributed by atoms with Gasteiger partial charge in [-0.15, -0.1) is 0 Å². The van der Waals surface area contributed by atoms with Crippen LogP contribution in [0.15, 0.2) is 48.2 Å². The minimum absolute atomic E-state index is 0. The lowest BCUT2D eigenvalue weighted by molar-refractivity contribution is -0.117. The molecule has 1 fully saturated rings. The van der Waals surface area contributed by atoms with Crippen LogP contribution in [-0.4, -0.2) is 52.0 Å². The Morgan fingerprint density at radius 1 is 1.40 bits per heavy atom. The highest BCUT2D eigenvalue weighted by Crippen LogP contribution is 2.35. The number of fused-ring (bicyclic) bond motifs is 1. The van der Waals surface area contributed by atoms with Crippen molar-refractivity contribution in [2.24, 2.45) is 5.92 Å². The zero-order valence-corrected chi connectivity index (χ0v) is 20.3. The van der Waals surface area contributed by atoms with Crippen molar-refractivity contribution < 1.29 is 15.4 Å². The summed E-state index contributed by atoms with van der Waals surface area (Å²) in [6.07, 6.45) is 5.60. The van der Waals surface area contributed by atoms with E-state index in [0.29, 0.717) is 34.2 Å². The maximum absolute atomic E-state index is 13.2. The van der Waals surface area contributed by atoms with Crippen molar-refractivity contribution >= 4 is 46.2 Å². The van der Waals surface area contributed by atoms with E-state index in [1.165, 1.54) is 4.90 Å². The van der Waals surface area contributed by atoms with Crippen LogP contribution in [0.1, 0.15) is 46.3 Å². The smallest absolute Gasteiger partial charge is 0.231 e. The van der Waals surface area contributed by atoms with Gasteiger partial charge in [-0.2, -0.15) is 0 Å². The predicted octanol–water partition coefficient (Wildman–Crippen LogP) is 4.92. The second kappa shape index (κ2) is 10.5. The Labute approximate surface area is 205 Å². The topological polar surface area (TPSA) is 123 Å². The Morgan fingerprint density at radius 2 is 2.09 bits per heavy atom. The molecule has 3 rings (SSSR count). The van der Waals surface area contributed by atoms with E-state index >= 15 is 0 Å². The SMILES string of the molecule is C=C(/C=C(C)\C(=C/C)c1cc2cnc(NC(=O)[C@H]3C[C@H]3F)cc2nc1C(=N)N(C)C=N)C(=O)CC.[HH]. The van der Waals surface area contributed by atoms with Gasteiger partial charge in [0.25, 0.3) is 0 Å². The molecule has 0 spiro atoms. The van der Waals surface area contributed by atoms with Crippen LogP contribution in [0.2, 0.25) is 0 Å². The zero-order valence-electron chi connectivity index (χ0n) is 20.3. The molecule has 3 N–H and O–H groups in total. The number of aromatic nitrogens is 2. The molecule has 0 aliphatic heterocycles. The number of nitrogens with zero attached hydrogens (tertiary/aromatic N) is 3. The van der Waals surface area contributed by atoms with Gasteiger partial charge >= 0.3 is 0 Å². The van der Waals surface area contributed by atoms with E-state index in [-0.39, 0.29) is 25.3 Å². The molecule has 0 bridgehead atoms. The molecule has 184 valence electrons. The van der Waals surface area contributed by atoms with Gasteiger partial charge in [0, 0.05) is 43.7 Å². The molecule has 1 saturated carbocycles. The third-order valence-corrected chi connectivity index (χ3v) is 5.84. The van der Waals surface area contributed by atoms with Crippen LogP contribution < -0.4 is 5.32 Å². The summed E-state index contributed by atoms with van der Waals surface area (Å²) >= 11 is 0. The van der Waals surface area contributed by atoms with Crippen LogP contribution in [0.5, 0.6) is 0 Å². The number of ketones is 1. The van der Waals surface area contributed by atoms with E-state index in [9.17, 15) is 14.0 Å². The molecule has 2 atom stereocenters. The molecule has 2 heterocycles. The predicted molar refractivity (Wildman–Crippen MR) is 139 cm³/mol. The Kier molecular flexibility index (Phi) is 7.68. The molecular formula is C26H31FN6O2. The molecule has 35 heavy (non-hydrogen) atoms. The molecular weight excluding hydrogens is 447 g/mol. The van der Waals surface area contributed by atoms with E-state index in [4.69, 9.17) is 10.8 Å². The summed E-state index contributed by atoms with van der Waals surface area (Å²) < 4.78 is 13.2. The maximum Gasteiger partial charge on any atom is 0.231 e. The lowest BCUT2D eigenvalue weighted by Gasteiger charge is -2.19. The third kappa shape index (κ3) is 5.56. The molecule has 1 amide bonds. The molecule has 9 heteroatoms. The van der Waals surface area contributed by atoms with Crippen LogP contribution in [0.25, 0.3) is 16.5 Å². The molecule has 2 aromatic heterocycles. The van der Waals surface area contributed by atoms with Crippen LogP contribution in [0, 0.1) is 16.7 Å². The fourth-order valence-corrected chi connectivity index (χ4v) is 3.65. The van der Waals surface area contributed by atoms with Crippen LogP contribution >= 0.6 is 0 Å². The average molecular weight is 479 g/mol. The van der Waals surface area contributed by atoms with Crippen molar-refractivity contribution in [1.82, 2.24) is 14.9 Å². The van der Waals surface area contributed by atoms with Gasteiger partial charge < -0.3 is 10.2 Å². The van der Waals surface area contributed by atoms with Gasteiger partial charge in [0.05, 0.1) is 17.8 Å². The monoisotopic (exact) mass is 478 g/mol. The van der Waals surface area contributed by atoms with Crippen molar-refractivity contribution in [2.75, 3.05) is 12.4 Å². The number of anilines is 1. The lowest BCUT2D eigenvalue weighted by Crippen LogP contribution is -2.27. The largest absolute Gasteiger partial charge is 0.319 e. The number of halogens is 1. The average Bonchev–Trinajstić information content (AvgIpc) is 3.59. The molecule has 0 saturated heterocycles. The van der Waals surface area contributed by atoms with E-state index in [1.54, 1.807) is 32.3 Å². The number of Topliss-reactive ketones (excluding diaryl/α,β-unsaturated/α-hetero) is 1. The first-order valence-electron chi connectivity index (χ1n) is 11.3. The number of pyridine rings is 2. The lowest BCUT2D eigenvalue weighted by atomic mass is 9.93. The first-order chi connectivity index (χ1) is 16.6. The number of carbonyl (C=O) groups excluding carboxylic acids is 2. The number of amidine groups is 1. The molecule has 0 radical (unpaired) electrons. The van der Waals surface area contributed by atoms with Gasteiger partial charge in [0.2, 0.25) is 5.91 Å². The fraction of sp³-hybridized carbons (Fsp3) is 0.308. The van der Waals surface area contributed by atoms with Crippen LogP contribution in [-0.2, 0) is 9.59 Å². The van der Waals surface area contributed by atoms with Crippen molar-refractivity contribution in [1.29, 1.82) is 10.8 Å². The van der Waals surface area contributed by atoms with Crippen molar-refractivity contribution in [3.8, 4) is 0 Å². The van der Waals surface area contributed by atoms with Crippen molar-refractivity contribution in [3.05, 3.63) is 59.5 Å². The number of allylic oxidation sites excluding steroid dienone is 5. The minimum Gasteiger partial charge on any atom is -0.319 e. The van der Waals surface area contributed by atoms with Crippen LogP contribution in [0.4, 0.5) is 10.2 Å². The van der Waals surface area contributed by atoms with Gasteiger partial charge in [0.15, 0.2) is 11.6 Å². The Bertz CT molecular complexity index is 1300. The highest BCUT2D eigenvalue weighted by molar-refractivity contribution is 6.07. The number of alkyl halides is 1. The number of nitrogens with one attached hydrogen (secondary N) is 3. The number of hydrogen-bond donors (Lipinski definition) is 3. The quantitative estimate of drug-likeness (QED) is 0.204. The number of hydrogen-bond acceptors (Lipinski definition) is 6. The van der Waals surface area contributed by atoms with Crippen molar-refractivity contribution in [2.45, 2.75) is 39.8 Å². The Hall–Kier alpha value is -4.01. The number of carbonyl (C=O) groups is 2. The maximum atomic E-state index is 13.2. The first-order valence-corrected chi connectivity index (χ1v) is 11.3. The normalized spacial score (nSPS) is 17.6. The summed E-state index contributed by atoms with van der Waals surface area (Å²) in [5.41, 5.74) is 3.33. The highest BCUT2D eigenvalue weighted by atomic mass is 19.1. The summed E-state index contributed by atoms with van der Waals surface area (Å²) in [5, 5.41) is 19.5. The number of rotatable bonds is 9. The van der Waals surface area contributed by atoms with E-state index in [0.717, 1.165) is 17.5 Å². The van der Waals surface area contributed by atoms with Gasteiger partial charge in [-0.1, -0.05) is 19.6 Å². The van der Waals surface area contributed by atoms with Gasteiger partial charge in [-0.05, 0) is 43.6 Å². The van der Waals surface area contributed by atoms with Gasteiger partial charge in [0.1, 0.15) is 17.7 Å².